The van der Waals surface area contributed by atoms with Crippen molar-refractivity contribution in [1.29, 1.82) is 0 Å². The maximum absolute atomic E-state index is 13.3. The Morgan fingerprint density at radius 1 is 0.837 bits per heavy atom. The summed E-state index contributed by atoms with van der Waals surface area (Å²) in [6.45, 7) is 4.47. The number of aliphatic carboxylic acids is 3. The Bertz CT molecular complexity index is 1320. The minimum Gasteiger partial charge on any atom is -0.475 e. The van der Waals surface area contributed by atoms with Crippen LogP contribution in [0.5, 0.6) is 0 Å². The molecule has 2 aromatic rings. The van der Waals surface area contributed by atoms with Gasteiger partial charge in [-0.1, -0.05) is 12.1 Å². The molecule has 0 saturated carbocycles. The van der Waals surface area contributed by atoms with E-state index in [9.17, 15) is 44.3 Å². The third-order valence-electron chi connectivity index (χ3n) is 6.93. The summed E-state index contributed by atoms with van der Waals surface area (Å²) in [7, 11) is 3.77. The predicted molar refractivity (Wildman–Crippen MR) is 151 cm³/mol. The summed E-state index contributed by atoms with van der Waals surface area (Å²) >= 11 is 0. The van der Waals surface area contributed by atoms with Gasteiger partial charge >= 0.3 is 36.4 Å². The van der Waals surface area contributed by atoms with E-state index in [0.717, 1.165) is 51.4 Å². The fourth-order valence-corrected chi connectivity index (χ4v) is 4.92. The number of carboxylic acid groups (broad SMARTS) is 3. The number of carbonyl (C=O) groups excluding carboxylic acids is 1. The molecule has 3 N–H and O–H groups in total. The highest BCUT2D eigenvalue weighted by atomic mass is 19.4. The Morgan fingerprint density at radius 3 is 1.78 bits per heavy atom. The van der Waals surface area contributed by atoms with Gasteiger partial charge in [0.05, 0.1) is 5.41 Å². The van der Waals surface area contributed by atoms with Gasteiger partial charge in [-0.2, -0.15) is 39.5 Å². The fourth-order valence-electron chi connectivity index (χ4n) is 4.92. The first-order valence-electron chi connectivity index (χ1n) is 13.8. The highest BCUT2D eigenvalue weighted by molar-refractivity contribution is 5.84. The molecular formula is C28H32F9N5O7. The zero-order chi connectivity index (χ0) is 37.8. The fraction of sp³-hybridized carbons (Fsp3) is 0.500. The maximum atomic E-state index is 13.3. The largest absolute Gasteiger partial charge is 0.490 e. The summed E-state index contributed by atoms with van der Waals surface area (Å²) in [6.07, 6.45) is -7.70. The molecule has 1 amide bonds. The van der Waals surface area contributed by atoms with Gasteiger partial charge in [0.15, 0.2) is 0 Å². The molecule has 2 aliphatic rings. The number of hydrogen-bond donors (Lipinski definition) is 3. The van der Waals surface area contributed by atoms with Gasteiger partial charge in [-0.3, -0.25) is 14.7 Å². The standard InChI is InChI=1S/C22H29N5O.3C2HF3O2/c1-25(2)21(28)22-9-6-12-26(14-18-7-5-10-23-13-18)15-19(22)16-27(17-22)20-8-3-4-11-24-20;3*3-2(4,5)1(6)7/h3-5,7-8,10-11,13,19H,6,9,12,14-17H2,1-2H3;3*(H,6,7)/t19-,22-;;;/m0.../s1. The Morgan fingerprint density at radius 2 is 1.37 bits per heavy atom. The lowest BCUT2D eigenvalue weighted by molar-refractivity contribution is -0.193. The molecule has 49 heavy (non-hydrogen) atoms. The van der Waals surface area contributed by atoms with Crippen LogP contribution in [0.4, 0.5) is 45.3 Å². The third-order valence-corrected chi connectivity index (χ3v) is 6.93. The van der Waals surface area contributed by atoms with Gasteiger partial charge in [-0.15, -0.1) is 0 Å². The number of halogens is 9. The Kier molecular flexibility index (Phi) is 15.2. The van der Waals surface area contributed by atoms with Crippen molar-refractivity contribution in [2.75, 3.05) is 45.2 Å². The van der Waals surface area contributed by atoms with Crippen LogP contribution in [0.2, 0.25) is 0 Å². The Hall–Kier alpha value is -4.69. The zero-order valence-corrected chi connectivity index (χ0v) is 25.8. The van der Waals surface area contributed by atoms with E-state index >= 15 is 0 Å². The molecule has 0 bridgehead atoms. The van der Waals surface area contributed by atoms with Crippen LogP contribution < -0.4 is 4.90 Å². The summed E-state index contributed by atoms with van der Waals surface area (Å²) in [4.78, 5) is 55.4. The van der Waals surface area contributed by atoms with Gasteiger partial charge in [0, 0.05) is 64.8 Å². The second kappa shape index (κ2) is 17.6. The van der Waals surface area contributed by atoms with Crippen molar-refractivity contribution in [3.63, 3.8) is 0 Å². The first kappa shape index (κ1) is 42.3. The average molecular weight is 722 g/mol. The zero-order valence-electron chi connectivity index (χ0n) is 25.8. The van der Waals surface area contributed by atoms with E-state index in [4.69, 9.17) is 29.7 Å². The molecule has 2 aliphatic heterocycles. The van der Waals surface area contributed by atoms with Crippen LogP contribution in [-0.2, 0) is 25.7 Å². The SMILES string of the molecule is CN(C)C(=O)[C@]12CCCN(Cc3cccnc3)C[C@H]1CN(c1ccccn1)C2.O=C(O)C(F)(F)F.O=C(O)C(F)(F)F.O=C(O)C(F)(F)F. The number of amides is 1. The van der Waals surface area contributed by atoms with Crippen LogP contribution in [0.1, 0.15) is 18.4 Å². The number of rotatable bonds is 4. The predicted octanol–water partition coefficient (Wildman–Crippen LogP) is 4.18. The monoisotopic (exact) mass is 721 g/mol. The highest BCUT2D eigenvalue weighted by Gasteiger charge is 2.53. The Labute approximate surface area is 272 Å². The highest BCUT2D eigenvalue weighted by Crippen LogP contribution is 2.45. The molecule has 274 valence electrons. The number of alkyl halides is 9. The van der Waals surface area contributed by atoms with Gasteiger partial charge < -0.3 is 25.1 Å². The smallest absolute Gasteiger partial charge is 0.475 e. The molecule has 0 spiro atoms. The number of carboxylic acids is 3. The minimum absolute atomic E-state index is 0.263. The van der Waals surface area contributed by atoms with E-state index in [-0.39, 0.29) is 11.3 Å². The third kappa shape index (κ3) is 13.8. The number of aromatic nitrogens is 2. The number of carbonyl (C=O) groups is 4. The van der Waals surface area contributed by atoms with Crippen molar-refractivity contribution in [2.24, 2.45) is 11.3 Å². The molecule has 2 aromatic heterocycles. The second-order valence-corrected chi connectivity index (χ2v) is 10.7. The second-order valence-electron chi connectivity index (χ2n) is 10.7. The number of likely N-dealkylation sites (tertiary alicyclic amines) is 1. The van der Waals surface area contributed by atoms with Gasteiger partial charge in [0.25, 0.3) is 0 Å². The molecule has 0 aromatic carbocycles. The normalized spacial score (nSPS) is 19.2. The van der Waals surface area contributed by atoms with Gasteiger partial charge in [-0.25, -0.2) is 19.4 Å². The number of pyridine rings is 2. The van der Waals surface area contributed by atoms with E-state index < -0.39 is 36.4 Å². The van der Waals surface area contributed by atoms with Crippen LogP contribution >= 0.6 is 0 Å². The summed E-state index contributed by atoms with van der Waals surface area (Å²) in [5, 5.41) is 21.4. The van der Waals surface area contributed by atoms with Crippen molar-refractivity contribution in [2.45, 2.75) is 37.9 Å². The lowest BCUT2D eigenvalue weighted by atomic mass is 9.74. The summed E-state index contributed by atoms with van der Waals surface area (Å²) in [6, 6.07) is 10.1. The molecule has 12 nitrogen and oxygen atoms in total. The molecule has 0 radical (unpaired) electrons. The van der Waals surface area contributed by atoms with Crippen LogP contribution in [-0.4, -0.2) is 118 Å². The summed E-state index contributed by atoms with van der Waals surface area (Å²) in [5.74, 6) is -6.74. The van der Waals surface area contributed by atoms with Crippen LogP contribution in [0, 0.1) is 11.3 Å². The van der Waals surface area contributed by atoms with Crippen LogP contribution in [0.25, 0.3) is 0 Å². The summed E-state index contributed by atoms with van der Waals surface area (Å²) in [5.41, 5.74) is 0.901. The van der Waals surface area contributed by atoms with Crippen molar-refractivity contribution in [3.05, 3.63) is 54.5 Å². The van der Waals surface area contributed by atoms with E-state index in [0.29, 0.717) is 5.92 Å². The molecule has 0 aliphatic carbocycles. The number of anilines is 1. The molecule has 2 fully saturated rings. The van der Waals surface area contributed by atoms with E-state index in [1.165, 1.54) is 5.56 Å². The molecule has 4 rings (SSSR count). The quantitative estimate of drug-likeness (QED) is 0.388. The Balaban J connectivity index is 0.000000467. The van der Waals surface area contributed by atoms with Gasteiger partial charge in [0.1, 0.15) is 5.82 Å². The average Bonchev–Trinajstić information content (AvgIpc) is 3.27. The van der Waals surface area contributed by atoms with Crippen LogP contribution in [0.15, 0.2) is 48.9 Å². The summed E-state index contributed by atoms with van der Waals surface area (Å²) < 4.78 is 95.2. The molecule has 2 atom stereocenters. The van der Waals surface area contributed by atoms with Crippen molar-refractivity contribution < 1.29 is 74.0 Å². The molecule has 0 unspecified atom stereocenters. The van der Waals surface area contributed by atoms with Gasteiger partial charge in [-0.05, 0) is 43.1 Å². The number of fused-ring (bicyclic) bond motifs is 1. The van der Waals surface area contributed by atoms with Gasteiger partial charge in [0.2, 0.25) is 5.91 Å². The lowest BCUT2D eigenvalue weighted by Gasteiger charge is -2.34. The van der Waals surface area contributed by atoms with E-state index in [1.54, 1.807) is 4.90 Å². The topological polar surface area (TPSA) is 164 Å². The van der Waals surface area contributed by atoms with Crippen LogP contribution in [0.3, 0.4) is 0 Å². The number of hydrogen-bond acceptors (Lipinski definition) is 8. The van der Waals surface area contributed by atoms with Crippen molar-refractivity contribution in [3.8, 4) is 0 Å². The maximum Gasteiger partial charge on any atom is 0.490 e. The van der Waals surface area contributed by atoms with E-state index in [2.05, 4.69) is 25.8 Å². The van der Waals surface area contributed by atoms with Crippen molar-refractivity contribution >= 4 is 29.6 Å². The lowest BCUT2D eigenvalue weighted by Crippen LogP contribution is -2.47. The molecule has 2 saturated heterocycles. The first-order valence-corrected chi connectivity index (χ1v) is 13.8. The molecule has 21 heteroatoms. The molecule has 4 heterocycles. The molecular weight excluding hydrogens is 689 g/mol. The first-order chi connectivity index (χ1) is 22.4. The number of nitrogens with zero attached hydrogens (tertiary/aromatic N) is 5. The van der Waals surface area contributed by atoms with E-state index in [1.807, 2.05) is 57.0 Å². The van der Waals surface area contributed by atoms with Crippen molar-refractivity contribution in [1.82, 2.24) is 19.8 Å². The minimum atomic E-state index is -5.08.